The number of hydrogen-bond donors (Lipinski definition) is 6. The maximum atomic E-state index is 13.2. The van der Waals surface area contributed by atoms with Crippen molar-refractivity contribution in [2.45, 2.75) is 138 Å². The predicted octanol–water partition coefficient (Wildman–Crippen LogP) is 1.80. The van der Waals surface area contributed by atoms with Crippen molar-refractivity contribution in [3.05, 3.63) is 0 Å². The molecule has 244 valence electrons. The van der Waals surface area contributed by atoms with Crippen LogP contribution in [0.15, 0.2) is 4.99 Å². The highest BCUT2D eigenvalue weighted by Gasteiger charge is 2.50. The third kappa shape index (κ3) is 7.91. The van der Waals surface area contributed by atoms with Gasteiger partial charge in [0.05, 0.1) is 49.0 Å². The third-order valence-corrected chi connectivity index (χ3v) is 11.0. The number of carbonyl (C=O) groups excluding carboxylic acids is 2. The maximum absolute atomic E-state index is 13.2. The molecule has 0 aromatic heterocycles. The molecule has 43 heavy (non-hydrogen) atoms. The SMILES string of the molecule is COC1CCC2C(C1)C(C1CCC(Cl)CC1)=N[C@@H](CC(=O)NCCCCNC(=O)C1CCCC(O)C1O)C1NNC(C)N21. The lowest BCUT2D eigenvalue weighted by Gasteiger charge is -2.44. The van der Waals surface area contributed by atoms with E-state index in [9.17, 15) is 19.8 Å². The second-order valence-electron chi connectivity index (χ2n) is 13.4. The minimum atomic E-state index is -0.996. The number of rotatable bonds is 10. The topological polar surface area (TPSA) is 148 Å². The van der Waals surface area contributed by atoms with Gasteiger partial charge in [-0.05, 0) is 89.9 Å². The molecule has 0 aromatic carbocycles. The number of aliphatic hydroxyl groups is 2. The molecule has 0 aromatic rings. The molecule has 2 heterocycles. The Morgan fingerprint density at radius 1 is 1.02 bits per heavy atom. The van der Waals surface area contributed by atoms with Gasteiger partial charge in [-0.25, -0.2) is 10.9 Å². The summed E-state index contributed by atoms with van der Waals surface area (Å²) < 4.78 is 5.85. The number of fused-ring (bicyclic) bond motifs is 3. The average molecular weight is 625 g/mol. The van der Waals surface area contributed by atoms with E-state index in [0.29, 0.717) is 50.2 Å². The summed E-state index contributed by atoms with van der Waals surface area (Å²) in [4.78, 5) is 33.7. The Bertz CT molecular complexity index is 980. The number of alkyl halides is 1. The number of halogens is 1. The minimum absolute atomic E-state index is 0.0122. The Balaban J connectivity index is 1.17. The molecular formula is C31H53ClN6O5. The molecule has 6 N–H and O–H groups in total. The van der Waals surface area contributed by atoms with Crippen LogP contribution < -0.4 is 21.5 Å². The van der Waals surface area contributed by atoms with Crippen molar-refractivity contribution in [3.63, 3.8) is 0 Å². The molecule has 0 bridgehead atoms. The van der Waals surface area contributed by atoms with E-state index >= 15 is 0 Å². The van der Waals surface area contributed by atoms with Crippen molar-refractivity contribution < 1.29 is 24.5 Å². The second kappa shape index (κ2) is 15.3. The summed E-state index contributed by atoms with van der Waals surface area (Å²) in [6.45, 7) is 3.19. The van der Waals surface area contributed by atoms with Crippen LogP contribution in [0.2, 0.25) is 0 Å². The first-order valence-corrected chi connectivity index (χ1v) is 17.1. The van der Waals surface area contributed by atoms with Crippen molar-refractivity contribution in [2.75, 3.05) is 20.2 Å². The van der Waals surface area contributed by atoms with Crippen LogP contribution in [0.5, 0.6) is 0 Å². The van der Waals surface area contributed by atoms with Crippen molar-refractivity contribution >= 4 is 29.1 Å². The van der Waals surface area contributed by atoms with Gasteiger partial charge in [-0.3, -0.25) is 19.5 Å². The smallest absolute Gasteiger partial charge is 0.225 e. The van der Waals surface area contributed by atoms with E-state index in [0.717, 1.165) is 64.2 Å². The molecule has 9 atom stereocenters. The quantitative estimate of drug-likeness (QED) is 0.159. The molecule has 3 aliphatic carbocycles. The number of hydrogen-bond acceptors (Lipinski definition) is 9. The van der Waals surface area contributed by atoms with Crippen LogP contribution >= 0.6 is 11.6 Å². The van der Waals surface area contributed by atoms with Crippen molar-refractivity contribution in [2.24, 2.45) is 22.7 Å². The van der Waals surface area contributed by atoms with Gasteiger partial charge in [-0.15, -0.1) is 11.6 Å². The van der Waals surface area contributed by atoms with Crippen molar-refractivity contribution in [3.8, 4) is 0 Å². The third-order valence-electron chi connectivity index (χ3n) is 10.6. The highest BCUT2D eigenvalue weighted by atomic mass is 35.5. The Morgan fingerprint density at radius 2 is 1.77 bits per heavy atom. The summed E-state index contributed by atoms with van der Waals surface area (Å²) in [7, 11) is 1.81. The Hall–Kier alpha value is -1.34. The van der Waals surface area contributed by atoms with E-state index in [1.165, 1.54) is 5.71 Å². The largest absolute Gasteiger partial charge is 0.390 e. The summed E-state index contributed by atoms with van der Waals surface area (Å²) in [5, 5.41) is 26.2. The molecule has 11 nitrogen and oxygen atoms in total. The Kier molecular flexibility index (Phi) is 11.8. The molecular weight excluding hydrogens is 572 g/mol. The number of ether oxygens (including phenoxy) is 1. The number of aliphatic hydroxyl groups excluding tert-OH is 2. The first kappa shape index (κ1) is 33.0. The second-order valence-corrected chi connectivity index (χ2v) is 14.0. The fraction of sp³-hybridized carbons (Fsp3) is 0.903. The molecule has 8 unspecified atom stereocenters. The van der Waals surface area contributed by atoms with Gasteiger partial charge in [0.15, 0.2) is 0 Å². The highest BCUT2D eigenvalue weighted by Crippen LogP contribution is 2.42. The van der Waals surface area contributed by atoms with Gasteiger partial charge in [-0.1, -0.05) is 0 Å². The van der Waals surface area contributed by atoms with E-state index in [2.05, 4.69) is 33.3 Å². The summed E-state index contributed by atoms with van der Waals surface area (Å²) in [6.07, 6.45) is 9.28. The van der Waals surface area contributed by atoms with E-state index in [4.69, 9.17) is 21.3 Å². The number of aliphatic imine (C=N–C) groups is 1. The van der Waals surface area contributed by atoms with E-state index < -0.39 is 18.1 Å². The number of hydrazine groups is 1. The summed E-state index contributed by atoms with van der Waals surface area (Å²) in [5.74, 6) is -0.0557. The summed E-state index contributed by atoms with van der Waals surface area (Å²) in [6, 6.07) is 0.145. The van der Waals surface area contributed by atoms with Crippen LogP contribution in [0.4, 0.5) is 0 Å². The number of methoxy groups -OCH3 is 1. The van der Waals surface area contributed by atoms with Crippen LogP contribution in [0, 0.1) is 17.8 Å². The minimum Gasteiger partial charge on any atom is -0.390 e. The number of unbranched alkanes of at least 4 members (excludes halogenated alkanes) is 1. The van der Waals surface area contributed by atoms with E-state index in [1.807, 2.05) is 7.11 Å². The van der Waals surface area contributed by atoms with Gasteiger partial charge in [0.25, 0.3) is 0 Å². The molecule has 0 radical (unpaired) electrons. The molecule has 5 aliphatic rings. The number of amides is 2. The van der Waals surface area contributed by atoms with Crippen LogP contribution in [0.3, 0.4) is 0 Å². The van der Waals surface area contributed by atoms with E-state index in [1.54, 1.807) is 0 Å². The normalized spacial score (nSPS) is 40.1. The standard InChI is InChI=1S/C31H53ClN6O5/c1-18-36-37-30-24(17-27(40)33-14-3-4-15-34-31(42)22-6-5-7-26(39)29(22)41)35-28(19-8-10-20(32)11-9-19)23-16-21(43-2)12-13-25(23)38(18)30/h18-26,29-30,36-37,39,41H,3-17H2,1-2H3,(H,33,40)(H,34,42)/t18?,19?,20?,21?,22?,23?,24-,25?,26?,29?,30?/m0/s1. The lowest BCUT2D eigenvalue weighted by atomic mass is 9.72. The van der Waals surface area contributed by atoms with Gasteiger partial charge >= 0.3 is 0 Å². The van der Waals surface area contributed by atoms with Crippen LogP contribution in [0.25, 0.3) is 0 Å². The number of nitrogens with zero attached hydrogens (tertiary/aromatic N) is 2. The summed E-state index contributed by atoms with van der Waals surface area (Å²) in [5.41, 5.74) is 8.18. The molecule has 12 heteroatoms. The molecule has 3 saturated carbocycles. The van der Waals surface area contributed by atoms with Gasteiger partial charge in [0.2, 0.25) is 11.8 Å². The monoisotopic (exact) mass is 624 g/mol. The first-order chi connectivity index (χ1) is 20.8. The van der Waals surface area contributed by atoms with Gasteiger partial charge in [0.1, 0.15) is 0 Å². The fourth-order valence-corrected chi connectivity index (χ4v) is 8.44. The predicted molar refractivity (Wildman–Crippen MR) is 165 cm³/mol. The first-order valence-electron chi connectivity index (χ1n) is 16.7. The zero-order valence-electron chi connectivity index (χ0n) is 25.8. The van der Waals surface area contributed by atoms with Crippen LogP contribution in [-0.4, -0.2) is 101 Å². The Morgan fingerprint density at radius 3 is 2.51 bits per heavy atom. The maximum Gasteiger partial charge on any atom is 0.225 e. The molecule has 4 fully saturated rings. The summed E-state index contributed by atoms with van der Waals surface area (Å²) >= 11 is 6.49. The number of carbonyl (C=O) groups is 2. The molecule has 1 saturated heterocycles. The molecule has 2 amide bonds. The van der Waals surface area contributed by atoms with Crippen molar-refractivity contribution in [1.82, 2.24) is 26.4 Å². The van der Waals surface area contributed by atoms with Gasteiger partial charge < -0.3 is 25.6 Å². The van der Waals surface area contributed by atoms with Crippen LogP contribution in [-0.2, 0) is 14.3 Å². The highest BCUT2D eigenvalue weighted by molar-refractivity contribution is 6.20. The molecule has 5 rings (SSSR count). The molecule has 0 spiro atoms. The molecule has 2 aliphatic heterocycles. The van der Waals surface area contributed by atoms with Gasteiger partial charge in [0, 0.05) is 43.2 Å². The van der Waals surface area contributed by atoms with Crippen LogP contribution in [0.1, 0.15) is 90.4 Å². The fourth-order valence-electron chi connectivity index (χ4n) is 8.19. The Labute approximate surface area is 261 Å². The zero-order chi connectivity index (χ0) is 30.5. The van der Waals surface area contributed by atoms with Crippen molar-refractivity contribution in [1.29, 1.82) is 0 Å². The van der Waals surface area contributed by atoms with Gasteiger partial charge in [-0.2, -0.15) is 0 Å². The zero-order valence-corrected chi connectivity index (χ0v) is 26.6. The average Bonchev–Trinajstić information content (AvgIpc) is 3.33. The lowest BCUT2D eigenvalue weighted by molar-refractivity contribution is -0.135. The van der Waals surface area contributed by atoms with E-state index in [-0.39, 0.29) is 41.7 Å². The lowest BCUT2D eigenvalue weighted by Crippen LogP contribution is -2.55. The number of nitrogens with one attached hydrogen (secondary N) is 4.